The number of allylic oxidation sites excluding steroid dienone is 1. The van der Waals surface area contributed by atoms with E-state index >= 15 is 0 Å². The van der Waals surface area contributed by atoms with Gasteiger partial charge in [-0.25, -0.2) is 0 Å². The zero-order valence-electron chi connectivity index (χ0n) is 7.88. The molecule has 0 aliphatic rings. The van der Waals surface area contributed by atoms with Crippen molar-refractivity contribution in [3.63, 3.8) is 0 Å². The molecule has 2 heteroatoms. The Hall–Kier alpha value is -0.760. The van der Waals surface area contributed by atoms with Crippen LogP contribution >= 0.6 is 15.9 Å². The van der Waals surface area contributed by atoms with Crippen molar-refractivity contribution in [1.29, 1.82) is 0 Å². The van der Waals surface area contributed by atoms with Crippen molar-refractivity contribution in [2.45, 2.75) is 12.8 Å². The van der Waals surface area contributed by atoms with E-state index in [9.17, 15) is 0 Å². The number of ether oxygens (including phenoxy) is 1. The van der Waals surface area contributed by atoms with Gasteiger partial charge in [-0.2, -0.15) is 0 Å². The molecule has 1 nitrogen and oxygen atoms in total. The first-order chi connectivity index (χ1) is 6.20. The van der Waals surface area contributed by atoms with Crippen LogP contribution in [0.5, 0.6) is 5.75 Å². The highest BCUT2D eigenvalue weighted by Crippen LogP contribution is 2.33. The maximum Gasteiger partial charge on any atom is 0.133 e. The van der Waals surface area contributed by atoms with Crippen LogP contribution in [0.3, 0.4) is 0 Å². The molecule has 1 aromatic rings. The van der Waals surface area contributed by atoms with Crippen LogP contribution in [-0.4, -0.2) is 7.11 Å². The summed E-state index contributed by atoms with van der Waals surface area (Å²) in [7, 11) is 1.67. The van der Waals surface area contributed by atoms with Gasteiger partial charge in [0.2, 0.25) is 0 Å². The molecular formula is C11H13BrO. The van der Waals surface area contributed by atoms with Crippen LogP contribution in [0.2, 0.25) is 0 Å². The Labute approximate surface area is 87.5 Å². The Morgan fingerprint density at radius 1 is 1.54 bits per heavy atom. The van der Waals surface area contributed by atoms with Gasteiger partial charge in [0.05, 0.1) is 11.6 Å². The molecule has 1 rings (SSSR count). The summed E-state index contributed by atoms with van der Waals surface area (Å²) in [5.74, 6) is 1.20. The van der Waals surface area contributed by atoms with Crippen LogP contribution in [0.4, 0.5) is 0 Å². The average molecular weight is 241 g/mol. The highest BCUT2D eigenvalue weighted by Gasteiger charge is 2.09. The molecule has 13 heavy (non-hydrogen) atoms. The number of benzene rings is 1. The van der Waals surface area contributed by atoms with Crippen LogP contribution in [0.15, 0.2) is 35.3 Å². The van der Waals surface area contributed by atoms with Gasteiger partial charge in [-0.1, -0.05) is 25.1 Å². The Kier molecular flexibility index (Phi) is 3.55. The predicted octanol–water partition coefficient (Wildman–Crippen LogP) is 3.75. The third kappa shape index (κ3) is 2.13. The largest absolute Gasteiger partial charge is 0.496 e. The maximum absolute atomic E-state index is 5.20. The van der Waals surface area contributed by atoms with E-state index in [0.29, 0.717) is 5.92 Å². The van der Waals surface area contributed by atoms with Crippen molar-refractivity contribution in [2.75, 3.05) is 7.11 Å². The number of hydrogen-bond donors (Lipinski definition) is 0. The van der Waals surface area contributed by atoms with Crippen LogP contribution in [0.1, 0.15) is 18.4 Å². The fourth-order valence-corrected chi connectivity index (χ4v) is 1.95. The molecule has 0 saturated heterocycles. The van der Waals surface area contributed by atoms with Crippen molar-refractivity contribution in [3.8, 4) is 5.75 Å². The summed E-state index contributed by atoms with van der Waals surface area (Å²) in [6, 6.07) is 5.99. The lowest BCUT2D eigenvalue weighted by Crippen LogP contribution is -1.93. The predicted molar refractivity (Wildman–Crippen MR) is 59.3 cm³/mol. The molecule has 0 fully saturated rings. The fraction of sp³-hybridized carbons (Fsp3) is 0.273. The first-order valence-electron chi connectivity index (χ1n) is 4.15. The average Bonchev–Trinajstić information content (AvgIpc) is 2.17. The molecule has 0 amide bonds. The zero-order chi connectivity index (χ0) is 9.84. The summed E-state index contributed by atoms with van der Waals surface area (Å²) in [6.07, 6.45) is 1.92. The standard InChI is InChI=1S/C11H13BrO/c1-4-8(2)9-6-5-7-10(13-3)11(9)12/h4-8H,1H2,2-3H3. The number of hydrogen-bond acceptors (Lipinski definition) is 1. The number of rotatable bonds is 3. The monoisotopic (exact) mass is 240 g/mol. The van der Waals surface area contributed by atoms with Crippen LogP contribution in [0.25, 0.3) is 0 Å². The normalized spacial score (nSPS) is 12.2. The van der Waals surface area contributed by atoms with Gasteiger partial charge in [0, 0.05) is 0 Å². The Morgan fingerprint density at radius 2 is 2.23 bits per heavy atom. The molecule has 0 heterocycles. The van der Waals surface area contributed by atoms with Crippen LogP contribution in [-0.2, 0) is 0 Å². The first-order valence-corrected chi connectivity index (χ1v) is 4.95. The first kappa shape index (κ1) is 10.3. The van der Waals surface area contributed by atoms with Gasteiger partial charge in [0.25, 0.3) is 0 Å². The third-order valence-electron chi connectivity index (χ3n) is 2.06. The van der Waals surface area contributed by atoms with Gasteiger partial charge >= 0.3 is 0 Å². The van der Waals surface area contributed by atoms with E-state index in [1.165, 1.54) is 5.56 Å². The van der Waals surface area contributed by atoms with Crippen molar-refractivity contribution in [3.05, 3.63) is 40.9 Å². The SMILES string of the molecule is C=CC(C)c1cccc(OC)c1Br. The number of halogens is 1. The highest BCUT2D eigenvalue weighted by molar-refractivity contribution is 9.10. The molecule has 1 unspecified atom stereocenters. The van der Waals surface area contributed by atoms with E-state index in [-0.39, 0.29) is 0 Å². The lowest BCUT2D eigenvalue weighted by molar-refractivity contribution is 0.411. The summed E-state index contributed by atoms with van der Waals surface area (Å²) >= 11 is 3.51. The van der Waals surface area contributed by atoms with Crippen molar-refractivity contribution < 1.29 is 4.74 Å². The molecule has 0 saturated carbocycles. The molecule has 1 aromatic carbocycles. The molecule has 0 radical (unpaired) electrons. The van der Waals surface area contributed by atoms with Crippen LogP contribution in [0, 0.1) is 0 Å². The second-order valence-electron chi connectivity index (χ2n) is 2.89. The topological polar surface area (TPSA) is 9.23 Å². The molecule has 0 aliphatic heterocycles. The second kappa shape index (κ2) is 4.47. The van der Waals surface area contributed by atoms with E-state index in [1.807, 2.05) is 18.2 Å². The molecular weight excluding hydrogens is 228 g/mol. The molecule has 1 atom stereocenters. The molecule has 0 N–H and O–H groups in total. The molecule has 0 bridgehead atoms. The number of methoxy groups -OCH3 is 1. The quantitative estimate of drug-likeness (QED) is 0.732. The van der Waals surface area contributed by atoms with E-state index in [0.717, 1.165) is 10.2 Å². The molecule has 0 aromatic heterocycles. The lowest BCUT2D eigenvalue weighted by atomic mass is 10.0. The molecule has 70 valence electrons. The van der Waals surface area contributed by atoms with Crippen molar-refractivity contribution in [1.82, 2.24) is 0 Å². The van der Waals surface area contributed by atoms with Crippen LogP contribution < -0.4 is 4.74 Å². The van der Waals surface area contributed by atoms with Gasteiger partial charge in [0.15, 0.2) is 0 Å². The minimum atomic E-state index is 0.337. The van der Waals surface area contributed by atoms with E-state index in [4.69, 9.17) is 4.74 Å². The van der Waals surface area contributed by atoms with Gasteiger partial charge in [-0.3, -0.25) is 0 Å². The van der Waals surface area contributed by atoms with Gasteiger partial charge < -0.3 is 4.74 Å². The maximum atomic E-state index is 5.20. The summed E-state index contributed by atoms with van der Waals surface area (Å²) in [5, 5.41) is 0. The minimum absolute atomic E-state index is 0.337. The summed E-state index contributed by atoms with van der Waals surface area (Å²) < 4.78 is 6.22. The third-order valence-corrected chi connectivity index (χ3v) is 2.91. The Balaban J connectivity index is 3.14. The van der Waals surface area contributed by atoms with Crippen molar-refractivity contribution >= 4 is 15.9 Å². The highest BCUT2D eigenvalue weighted by atomic mass is 79.9. The van der Waals surface area contributed by atoms with Crippen molar-refractivity contribution in [2.24, 2.45) is 0 Å². The van der Waals surface area contributed by atoms with E-state index in [1.54, 1.807) is 7.11 Å². The minimum Gasteiger partial charge on any atom is -0.496 e. The summed E-state index contributed by atoms with van der Waals surface area (Å²) in [4.78, 5) is 0. The van der Waals surface area contributed by atoms with Gasteiger partial charge in [-0.05, 0) is 33.5 Å². The van der Waals surface area contributed by atoms with E-state index in [2.05, 4.69) is 35.5 Å². The molecule has 0 spiro atoms. The van der Waals surface area contributed by atoms with Gasteiger partial charge in [0.1, 0.15) is 5.75 Å². The summed E-state index contributed by atoms with van der Waals surface area (Å²) in [5.41, 5.74) is 1.20. The second-order valence-corrected chi connectivity index (χ2v) is 3.68. The molecule has 0 aliphatic carbocycles. The zero-order valence-corrected chi connectivity index (χ0v) is 9.47. The fourth-order valence-electron chi connectivity index (χ4n) is 1.16. The Bertz CT molecular complexity index is 307. The summed E-state index contributed by atoms with van der Waals surface area (Å²) in [6.45, 7) is 5.88. The van der Waals surface area contributed by atoms with Gasteiger partial charge in [-0.15, -0.1) is 6.58 Å². The smallest absolute Gasteiger partial charge is 0.133 e. The lowest BCUT2D eigenvalue weighted by Gasteiger charge is -2.11. The van der Waals surface area contributed by atoms with E-state index < -0.39 is 0 Å². The Morgan fingerprint density at radius 3 is 2.77 bits per heavy atom.